The van der Waals surface area contributed by atoms with Gasteiger partial charge in [-0.3, -0.25) is 19.8 Å². The molecule has 128 valence electrons. The van der Waals surface area contributed by atoms with Crippen LogP contribution in [0, 0.1) is 0 Å². The molecule has 1 aromatic heterocycles. The highest BCUT2D eigenvalue weighted by atomic mass is 79.9. The number of nitrogens with zero attached hydrogens (tertiary/aromatic N) is 1. The summed E-state index contributed by atoms with van der Waals surface area (Å²) < 4.78 is 5.92. The fourth-order valence-electron chi connectivity index (χ4n) is 2.23. The minimum Gasteiger partial charge on any atom is -0.506 e. The molecular weight excluding hydrogens is 460 g/mol. The third kappa shape index (κ3) is 3.52. The molecule has 2 aromatic rings. The number of aromatic hydroxyl groups is 1. The second-order valence-electron chi connectivity index (χ2n) is 5.12. The summed E-state index contributed by atoms with van der Waals surface area (Å²) in [7, 11) is 0. The number of nitrogens with one attached hydrogen (secondary N) is 1. The lowest BCUT2D eigenvalue weighted by molar-refractivity contribution is -0.130. The number of carbonyl (C=O) groups excluding carboxylic acids is 3. The van der Waals surface area contributed by atoms with Crippen molar-refractivity contribution in [1.29, 1.82) is 0 Å². The van der Waals surface area contributed by atoms with E-state index in [9.17, 15) is 19.5 Å². The highest BCUT2D eigenvalue weighted by molar-refractivity contribution is 9.11. The van der Waals surface area contributed by atoms with Crippen LogP contribution in [0.1, 0.15) is 11.3 Å². The number of benzene rings is 1. The standard InChI is InChI=1S/C16H10Br2N2O5/c17-11-5-8(6-12(18)13(11)21)4-10-14(22)19-16(24)20(15(10)23)7-9-2-1-3-25-9/h1-6,21H,7H2,(H,19,22,24). The van der Waals surface area contributed by atoms with Crippen LogP contribution in [0.3, 0.4) is 0 Å². The van der Waals surface area contributed by atoms with E-state index in [2.05, 4.69) is 37.2 Å². The van der Waals surface area contributed by atoms with Gasteiger partial charge < -0.3 is 9.52 Å². The van der Waals surface area contributed by atoms with Gasteiger partial charge in [0, 0.05) is 0 Å². The fraction of sp³-hybridized carbons (Fsp3) is 0.0625. The summed E-state index contributed by atoms with van der Waals surface area (Å²) in [6.07, 6.45) is 2.77. The molecule has 1 aliphatic rings. The lowest BCUT2D eigenvalue weighted by Crippen LogP contribution is -2.53. The molecule has 0 radical (unpaired) electrons. The van der Waals surface area contributed by atoms with Crippen molar-refractivity contribution in [2.24, 2.45) is 0 Å². The number of phenolic OH excluding ortho intramolecular Hbond substituents is 1. The first-order chi connectivity index (χ1) is 11.9. The van der Waals surface area contributed by atoms with E-state index >= 15 is 0 Å². The van der Waals surface area contributed by atoms with E-state index in [4.69, 9.17) is 4.42 Å². The number of urea groups is 1. The predicted molar refractivity (Wildman–Crippen MR) is 94.3 cm³/mol. The first-order valence-corrected chi connectivity index (χ1v) is 8.54. The van der Waals surface area contributed by atoms with Crippen molar-refractivity contribution in [2.75, 3.05) is 0 Å². The van der Waals surface area contributed by atoms with Crippen molar-refractivity contribution < 1.29 is 23.9 Å². The number of hydrogen-bond donors (Lipinski definition) is 2. The van der Waals surface area contributed by atoms with Crippen LogP contribution < -0.4 is 5.32 Å². The number of furan rings is 1. The average molecular weight is 470 g/mol. The summed E-state index contributed by atoms with van der Waals surface area (Å²) in [5.74, 6) is -1.11. The van der Waals surface area contributed by atoms with E-state index in [0.29, 0.717) is 20.3 Å². The van der Waals surface area contributed by atoms with Crippen LogP contribution in [0.5, 0.6) is 5.75 Å². The highest BCUT2D eigenvalue weighted by Gasteiger charge is 2.36. The number of amides is 4. The summed E-state index contributed by atoms with van der Waals surface area (Å²) in [6.45, 7) is -0.0920. The zero-order valence-electron chi connectivity index (χ0n) is 12.5. The zero-order chi connectivity index (χ0) is 18.1. The van der Waals surface area contributed by atoms with E-state index in [0.717, 1.165) is 4.90 Å². The van der Waals surface area contributed by atoms with E-state index < -0.39 is 17.8 Å². The maximum Gasteiger partial charge on any atom is 0.331 e. The first-order valence-electron chi connectivity index (χ1n) is 6.96. The molecule has 1 aromatic carbocycles. The number of carbonyl (C=O) groups is 3. The molecule has 1 aliphatic heterocycles. The molecule has 3 rings (SSSR count). The maximum atomic E-state index is 12.6. The zero-order valence-corrected chi connectivity index (χ0v) is 15.6. The lowest BCUT2D eigenvalue weighted by atomic mass is 10.1. The topological polar surface area (TPSA) is 99.9 Å². The van der Waals surface area contributed by atoms with Gasteiger partial charge in [-0.15, -0.1) is 0 Å². The van der Waals surface area contributed by atoms with Crippen LogP contribution in [0.25, 0.3) is 6.08 Å². The predicted octanol–water partition coefficient (Wildman–Crippen LogP) is 3.17. The Morgan fingerprint density at radius 1 is 1.20 bits per heavy atom. The number of rotatable bonds is 3. The summed E-state index contributed by atoms with van der Waals surface area (Å²) in [5, 5.41) is 11.9. The molecule has 0 saturated carbocycles. The van der Waals surface area contributed by atoms with E-state index in [1.807, 2.05) is 0 Å². The van der Waals surface area contributed by atoms with Crippen LogP contribution >= 0.6 is 31.9 Å². The molecule has 0 spiro atoms. The van der Waals surface area contributed by atoms with Gasteiger partial charge in [-0.25, -0.2) is 4.79 Å². The van der Waals surface area contributed by atoms with Gasteiger partial charge in [-0.2, -0.15) is 0 Å². The molecule has 1 saturated heterocycles. The number of phenols is 1. The van der Waals surface area contributed by atoms with Crippen molar-refractivity contribution >= 4 is 55.8 Å². The van der Waals surface area contributed by atoms with E-state index in [-0.39, 0.29) is 17.9 Å². The Kier molecular flexibility index (Phi) is 4.78. The highest BCUT2D eigenvalue weighted by Crippen LogP contribution is 2.34. The molecule has 2 N–H and O–H groups in total. The quantitative estimate of drug-likeness (QED) is 0.531. The molecule has 0 bridgehead atoms. The van der Waals surface area contributed by atoms with Gasteiger partial charge >= 0.3 is 6.03 Å². The van der Waals surface area contributed by atoms with Crippen molar-refractivity contribution in [2.45, 2.75) is 6.54 Å². The van der Waals surface area contributed by atoms with Crippen LogP contribution in [0.15, 0.2) is 49.5 Å². The smallest absolute Gasteiger partial charge is 0.331 e. The van der Waals surface area contributed by atoms with Crippen LogP contribution in [-0.4, -0.2) is 27.9 Å². The molecule has 9 heteroatoms. The molecular formula is C16H10Br2N2O5. The van der Waals surface area contributed by atoms with Gasteiger partial charge in [0.15, 0.2) is 0 Å². The fourth-order valence-corrected chi connectivity index (χ4v) is 3.45. The van der Waals surface area contributed by atoms with Gasteiger partial charge in [0.1, 0.15) is 17.1 Å². The Labute approximate surface area is 158 Å². The second kappa shape index (κ2) is 6.85. The Morgan fingerprint density at radius 2 is 1.88 bits per heavy atom. The van der Waals surface area contributed by atoms with Gasteiger partial charge in [-0.1, -0.05) is 0 Å². The van der Waals surface area contributed by atoms with Gasteiger partial charge in [0.2, 0.25) is 0 Å². The van der Waals surface area contributed by atoms with Crippen molar-refractivity contribution in [1.82, 2.24) is 10.2 Å². The Balaban J connectivity index is 1.95. The summed E-state index contributed by atoms with van der Waals surface area (Å²) in [6, 6.07) is 5.53. The van der Waals surface area contributed by atoms with Crippen molar-refractivity contribution in [3.05, 3.63) is 56.4 Å². The normalized spacial score (nSPS) is 16.5. The molecule has 0 unspecified atom stereocenters. The summed E-state index contributed by atoms with van der Waals surface area (Å²) in [4.78, 5) is 37.5. The van der Waals surface area contributed by atoms with Crippen molar-refractivity contribution in [3.8, 4) is 5.75 Å². The lowest BCUT2D eigenvalue weighted by Gasteiger charge is -2.25. The third-order valence-corrected chi connectivity index (χ3v) is 4.64. The van der Waals surface area contributed by atoms with Crippen molar-refractivity contribution in [3.63, 3.8) is 0 Å². The Hall–Kier alpha value is -2.39. The maximum absolute atomic E-state index is 12.6. The van der Waals surface area contributed by atoms with Crippen LogP contribution in [0.4, 0.5) is 4.79 Å². The van der Waals surface area contributed by atoms with Gasteiger partial charge in [0.25, 0.3) is 11.8 Å². The Bertz CT molecular complexity index is 882. The van der Waals surface area contributed by atoms with Crippen LogP contribution in [0.2, 0.25) is 0 Å². The average Bonchev–Trinajstić information content (AvgIpc) is 3.06. The number of barbiturate groups is 1. The summed E-state index contributed by atoms with van der Waals surface area (Å²) >= 11 is 6.36. The molecule has 1 fully saturated rings. The molecule has 4 amide bonds. The molecule has 25 heavy (non-hydrogen) atoms. The SMILES string of the molecule is O=C1NC(=O)N(Cc2ccco2)C(=O)C1=Cc1cc(Br)c(O)c(Br)c1. The number of halogens is 2. The minimum atomic E-state index is -0.809. The van der Waals surface area contributed by atoms with Gasteiger partial charge in [0.05, 0.1) is 21.8 Å². The number of imide groups is 2. The Morgan fingerprint density at radius 3 is 2.48 bits per heavy atom. The second-order valence-corrected chi connectivity index (χ2v) is 6.83. The molecule has 2 heterocycles. The third-order valence-electron chi connectivity index (χ3n) is 3.43. The minimum absolute atomic E-state index is 0.00352. The number of hydrogen-bond acceptors (Lipinski definition) is 5. The molecule has 7 nitrogen and oxygen atoms in total. The molecule has 0 aliphatic carbocycles. The van der Waals surface area contributed by atoms with E-state index in [1.165, 1.54) is 12.3 Å². The first kappa shape index (κ1) is 17.4. The summed E-state index contributed by atoms with van der Waals surface area (Å²) in [5.41, 5.74) is 0.290. The van der Waals surface area contributed by atoms with Gasteiger partial charge in [-0.05, 0) is 67.8 Å². The monoisotopic (exact) mass is 468 g/mol. The largest absolute Gasteiger partial charge is 0.506 e. The van der Waals surface area contributed by atoms with Crippen LogP contribution in [-0.2, 0) is 16.1 Å². The molecule has 0 atom stereocenters. The van der Waals surface area contributed by atoms with E-state index in [1.54, 1.807) is 24.3 Å².